The van der Waals surface area contributed by atoms with Crippen molar-refractivity contribution in [2.24, 2.45) is 0 Å². The van der Waals surface area contributed by atoms with Gasteiger partial charge in [-0.2, -0.15) is 4.98 Å². The van der Waals surface area contributed by atoms with E-state index in [4.69, 9.17) is 4.52 Å². The molecule has 0 atom stereocenters. The Labute approximate surface area is 145 Å². The molecule has 0 spiro atoms. The number of aryl methyl sites for hydroxylation is 1. The molecule has 3 aromatic rings. The normalized spacial score (nSPS) is 10.5. The maximum Gasteiger partial charge on any atom is 0.261 e. The SMILES string of the molecule is CCNC(=O)c1cccc(CNc2ncccc2-c2nc(C)no2)c1. The molecule has 0 unspecified atom stereocenters. The monoisotopic (exact) mass is 337 g/mol. The summed E-state index contributed by atoms with van der Waals surface area (Å²) >= 11 is 0. The molecule has 0 saturated carbocycles. The highest BCUT2D eigenvalue weighted by Crippen LogP contribution is 2.24. The van der Waals surface area contributed by atoms with Crippen LogP contribution in [0, 0.1) is 6.92 Å². The van der Waals surface area contributed by atoms with Crippen molar-refractivity contribution in [3.63, 3.8) is 0 Å². The van der Waals surface area contributed by atoms with E-state index in [9.17, 15) is 4.79 Å². The van der Waals surface area contributed by atoms with Crippen molar-refractivity contribution >= 4 is 11.7 Å². The number of carbonyl (C=O) groups excluding carboxylic acids is 1. The van der Waals surface area contributed by atoms with Crippen LogP contribution in [0.2, 0.25) is 0 Å². The van der Waals surface area contributed by atoms with Gasteiger partial charge in [-0.3, -0.25) is 4.79 Å². The van der Waals surface area contributed by atoms with Crippen LogP contribution >= 0.6 is 0 Å². The molecule has 3 rings (SSSR count). The van der Waals surface area contributed by atoms with Gasteiger partial charge in [-0.25, -0.2) is 4.98 Å². The van der Waals surface area contributed by atoms with E-state index in [0.29, 0.717) is 36.2 Å². The minimum atomic E-state index is -0.0794. The Balaban J connectivity index is 1.76. The van der Waals surface area contributed by atoms with Gasteiger partial charge in [-0.1, -0.05) is 17.3 Å². The van der Waals surface area contributed by atoms with Gasteiger partial charge in [0.1, 0.15) is 5.82 Å². The number of nitrogens with zero attached hydrogens (tertiary/aromatic N) is 3. The summed E-state index contributed by atoms with van der Waals surface area (Å²) in [5.74, 6) is 1.56. The van der Waals surface area contributed by atoms with Crippen molar-refractivity contribution in [1.29, 1.82) is 0 Å². The highest BCUT2D eigenvalue weighted by atomic mass is 16.5. The fraction of sp³-hybridized carbons (Fsp3) is 0.222. The van der Waals surface area contributed by atoms with Crippen LogP contribution in [0.3, 0.4) is 0 Å². The second-order valence-corrected chi connectivity index (χ2v) is 5.46. The first-order valence-electron chi connectivity index (χ1n) is 8.04. The van der Waals surface area contributed by atoms with Gasteiger partial charge >= 0.3 is 0 Å². The zero-order chi connectivity index (χ0) is 17.6. The summed E-state index contributed by atoms with van der Waals surface area (Å²) in [7, 11) is 0. The average Bonchev–Trinajstić information content (AvgIpc) is 3.07. The van der Waals surface area contributed by atoms with Gasteiger partial charge in [0.25, 0.3) is 11.8 Å². The number of anilines is 1. The topological polar surface area (TPSA) is 92.9 Å². The lowest BCUT2D eigenvalue weighted by Gasteiger charge is -2.09. The minimum Gasteiger partial charge on any atom is -0.365 e. The summed E-state index contributed by atoms with van der Waals surface area (Å²) in [5.41, 5.74) is 2.35. The van der Waals surface area contributed by atoms with Gasteiger partial charge in [0.2, 0.25) is 0 Å². The van der Waals surface area contributed by atoms with E-state index in [1.807, 2.05) is 37.3 Å². The molecule has 7 heteroatoms. The van der Waals surface area contributed by atoms with Crippen LogP contribution in [-0.2, 0) is 6.54 Å². The van der Waals surface area contributed by atoms with Crippen LogP contribution in [0.4, 0.5) is 5.82 Å². The van der Waals surface area contributed by atoms with E-state index < -0.39 is 0 Å². The van der Waals surface area contributed by atoms with E-state index in [-0.39, 0.29) is 5.91 Å². The number of hydrogen-bond acceptors (Lipinski definition) is 6. The molecule has 0 saturated heterocycles. The van der Waals surface area contributed by atoms with Crippen molar-refractivity contribution in [2.75, 3.05) is 11.9 Å². The van der Waals surface area contributed by atoms with E-state index >= 15 is 0 Å². The minimum absolute atomic E-state index is 0.0794. The molecule has 25 heavy (non-hydrogen) atoms. The van der Waals surface area contributed by atoms with Gasteiger partial charge < -0.3 is 15.2 Å². The maximum absolute atomic E-state index is 11.9. The molecule has 0 aliphatic carbocycles. The van der Waals surface area contributed by atoms with E-state index in [0.717, 1.165) is 11.1 Å². The molecule has 2 heterocycles. The molecule has 7 nitrogen and oxygen atoms in total. The summed E-state index contributed by atoms with van der Waals surface area (Å²) in [6.45, 7) is 4.78. The summed E-state index contributed by atoms with van der Waals surface area (Å²) in [5, 5.41) is 9.88. The third-order valence-electron chi connectivity index (χ3n) is 3.55. The molecule has 2 N–H and O–H groups in total. The Morgan fingerprint density at radius 2 is 2.12 bits per heavy atom. The van der Waals surface area contributed by atoms with Gasteiger partial charge in [0.05, 0.1) is 5.56 Å². The molecule has 1 amide bonds. The lowest BCUT2D eigenvalue weighted by Crippen LogP contribution is -2.22. The zero-order valence-electron chi connectivity index (χ0n) is 14.1. The predicted octanol–water partition coefficient (Wildman–Crippen LogP) is 2.80. The quantitative estimate of drug-likeness (QED) is 0.718. The van der Waals surface area contributed by atoms with Crippen LogP contribution in [-0.4, -0.2) is 27.6 Å². The van der Waals surface area contributed by atoms with Crippen molar-refractivity contribution < 1.29 is 9.32 Å². The molecule has 0 aliphatic heterocycles. The second kappa shape index (κ2) is 7.57. The van der Waals surface area contributed by atoms with Crippen molar-refractivity contribution in [1.82, 2.24) is 20.4 Å². The van der Waals surface area contributed by atoms with Gasteiger partial charge in [0.15, 0.2) is 5.82 Å². The number of rotatable bonds is 6. The first-order valence-corrected chi connectivity index (χ1v) is 8.04. The van der Waals surface area contributed by atoms with Gasteiger partial charge in [-0.15, -0.1) is 0 Å². The van der Waals surface area contributed by atoms with Crippen LogP contribution in [0.1, 0.15) is 28.7 Å². The predicted molar refractivity (Wildman–Crippen MR) is 94.0 cm³/mol. The maximum atomic E-state index is 11.9. The highest BCUT2D eigenvalue weighted by Gasteiger charge is 2.12. The second-order valence-electron chi connectivity index (χ2n) is 5.46. The summed E-state index contributed by atoms with van der Waals surface area (Å²) in [4.78, 5) is 20.5. The molecule has 0 radical (unpaired) electrons. The number of nitrogens with one attached hydrogen (secondary N) is 2. The van der Waals surface area contributed by atoms with Crippen LogP contribution < -0.4 is 10.6 Å². The lowest BCUT2D eigenvalue weighted by atomic mass is 10.1. The number of aromatic nitrogens is 3. The van der Waals surface area contributed by atoms with Crippen LogP contribution in [0.25, 0.3) is 11.5 Å². The van der Waals surface area contributed by atoms with Gasteiger partial charge in [0, 0.05) is 24.8 Å². The molecule has 0 fully saturated rings. The molecular formula is C18H19N5O2. The van der Waals surface area contributed by atoms with Gasteiger partial charge in [-0.05, 0) is 43.7 Å². The standard InChI is InChI=1S/C18H19N5O2/c1-3-19-17(24)14-7-4-6-13(10-14)11-21-16-15(8-5-9-20-16)18-22-12(2)23-25-18/h4-10H,3,11H2,1-2H3,(H,19,24)(H,20,21). The Bertz CT molecular complexity index is 875. The Morgan fingerprint density at radius 3 is 2.88 bits per heavy atom. The number of benzene rings is 1. The third-order valence-corrected chi connectivity index (χ3v) is 3.55. The van der Waals surface area contributed by atoms with E-state index in [1.165, 1.54) is 0 Å². The summed E-state index contributed by atoms with van der Waals surface area (Å²) in [6.07, 6.45) is 1.69. The van der Waals surface area contributed by atoms with E-state index in [2.05, 4.69) is 25.8 Å². The summed E-state index contributed by atoms with van der Waals surface area (Å²) < 4.78 is 5.23. The first kappa shape index (κ1) is 16.6. The largest absolute Gasteiger partial charge is 0.365 e. The average molecular weight is 337 g/mol. The number of carbonyl (C=O) groups is 1. The molecule has 1 aromatic carbocycles. The van der Waals surface area contributed by atoms with Crippen molar-refractivity contribution in [3.8, 4) is 11.5 Å². The number of pyridine rings is 1. The number of amides is 1. The Hall–Kier alpha value is -3.22. The Kier molecular flexibility index (Phi) is 5.03. The fourth-order valence-electron chi connectivity index (χ4n) is 2.40. The number of hydrogen-bond donors (Lipinski definition) is 2. The molecule has 128 valence electrons. The highest BCUT2D eigenvalue weighted by molar-refractivity contribution is 5.94. The Morgan fingerprint density at radius 1 is 1.24 bits per heavy atom. The fourth-order valence-corrected chi connectivity index (χ4v) is 2.40. The summed E-state index contributed by atoms with van der Waals surface area (Å²) in [6, 6.07) is 11.2. The zero-order valence-corrected chi connectivity index (χ0v) is 14.1. The van der Waals surface area contributed by atoms with Crippen molar-refractivity contribution in [3.05, 3.63) is 59.5 Å². The van der Waals surface area contributed by atoms with Crippen LogP contribution in [0.5, 0.6) is 0 Å². The molecule has 0 bridgehead atoms. The van der Waals surface area contributed by atoms with E-state index in [1.54, 1.807) is 19.2 Å². The molecule has 0 aliphatic rings. The molecule has 2 aromatic heterocycles. The third kappa shape index (κ3) is 4.00. The van der Waals surface area contributed by atoms with Crippen LogP contribution in [0.15, 0.2) is 47.1 Å². The lowest BCUT2D eigenvalue weighted by molar-refractivity contribution is 0.0955. The first-order chi connectivity index (χ1) is 12.2. The molecular weight excluding hydrogens is 318 g/mol. The smallest absolute Gasteiger partial charge is 0.261 e. The van der Waals surface area contributed by atoms with Crippen molar-refractivity contribution in [2.45, 2.75) is 20.4 Å².